The Kier molecular flexibility index (Phi) is 4.83. The Labute approximate surface area is 173 Å². The maximum absolute atomic E-state index is 13.6. The van der Waals surface area contributed by atoms with Gasteiger partial charge < -0.3 is 9.47 Å². The first-order valence-corrected chi connectivity index (χ1v) is 10.2. The average Bonchev–Trinajstić information content (AvgIpc) is 3.14. The number of hydrogen-bond donors (Lipinski definition) is 0. The summed E-state index contributed by atoms with van der Waals surface area (Å²) in [5, 5.41) is 0. The highest BCUT2D eigenvalue weighted by molar-refractivity contribution is 5.41. The molecule has 5 nitrogen and oxygen atoms in total. The van der Waals surface area contributed by atoms with E-state index in [1.165, 1.54) is 11.6 Å². The first kappa shape index (κ1) is 18.9. The van der Waals surface area contributed by atoms with Crippen LogP contribution < -0.4 is 10.5 Å². The number of nitrogens with zero attached hydrogens (tertiary/aromatic N) is 4. The Morgan fingerprint density at radius 3 is 2.53 bits per heavy atom. The van der Waals surface area contributed by atoms with E-state index >= 15 is 0 Å². The number of aromatic nitrogens is 2. The standard InChI is InChI=1S/C23H22F2N4O/c24-19-7-6-17(12-20(19)25)14-28-10-11-29-21-8-9-27(13-16-4-2-1-3-5-16)15-18(21)22(30)26-23(28)29/h1-7,12H,8-11,13-15H2. The molecule has 0 fully saturated rings. The summed E-state index contributed by atoms with van der Waals surface area (Å²) in [6, 6.07) is 14.2. The lowest BCUT2D eigenvalue weighted by molar-refractivity contribution is 0.239. The minimum Gasteiger partial charge on any atom is -0.336 e. The third-order valence-corrected chi connectivity index (χ3v) is 5.90. The van der Waals surface area contributed by atoms with Crippen molar-refractivity contribution in [2.75, 3.05) is 18.0 Å². The molecule has 0 atom stereocenters. The molecule has 0 N–H and O–H groups in total. The van der Waals surface area contributed by atoms with Gasteiger partial charge in [0.05, 0.1) is 5.56 Å². The van der Waals surface area contributed by atoms with Gasteiger partial charge in [0.2, 0.25) is 5.95 Å². The second-order valence-corrected chi connectivity index (χ2v) is 7.91. The van der Waals surface area contributed by atoms with Crippen LogP contribution in [0.3, 0.4) is 0 Å². The van der Waals surface area contributed by atoms with Gasteiger partial charge in [-0.25, -0.2) is 8.78 Å². The number of benzene rings is 2. The molecule has 5 rings (SSSR count). The van der Waals surface area contributed by atoms with Crippen molar-refractivity contribution < 1.29 is 8.78 Å². The Balaban J connectivity index is 1.39. The van der Waals surface area contributed by atoms with Crippen LogP contribution in [0.2, 0.25) is 0 Å². The molecular weight excluding hydrogens is 386 g/mol. The van der Waals surface area contributed by atoms with E-state index in [9.17, 15) is 13.6 Å². The van der Waals surface area contributed by atoms with Crippen molar-refractivity contribution in [3.05, 3.63) is 92.9 Å². The van der Waals surface area contributed by atoms with E-state index in [4.69, 9.17) is 0 Å². The molecule has 0 radical (unpaired) electrons. The minimum absolute atomic E-state index is 0.189. The lowest BCUT2D eigenvalue weighted by Gasteiger charge is -2.30. The maximum Gasteiger partial charge on any atom is 0.279 e. The molecule has 0 saturated carbocycles. The molecule has 0 bridgehead atoms. The molecular formula is C23H22F2N4O. The Hall–Kier alpha value is -3.06. The first-order valence-electron chi connectivity index (χ1n) is 10.2. The van der Waals surface area contributed by atoms with Gasteiger partial charge in [0, 0.05) is 51.4 Å². The smallest absolute Gasteiger partial charge is 0.279 e. The number of hydrogen-bond acceptors (Lipinski definition) is 4. The topological polar surface area (TPSA) is 41.4 Å². The zero-order chi connectivity index (χ0) is 20.7. The van der Waals surface area contributed by atoms with Gasteiger partial charge in [-0.3, -0.25) is 9.69 Å². The number of anilines is 1. The minimum atomic E-state index is -0.860. The van der Waals surface area contributed by atoms with Crippen LogP contribution in [0.25, 0.3) is 0 Å². The van der Waals surface area contributed by atoms with E-state index in [1.54, 1.807) is 6.07 Å². The Morgan fingerprint density at radius 2 is 1.73 bits per heavy atom. The molecule has 0 amide bonds. The van der Waals surface area contributed by atoms with Gasteiger partial charge in [0.1, 0.15) is 0 Å². The van der Waals surface area contributed by atoms with Gasteiger partial charge in [0.25, 0.3) is 5.56 Å². The fourth-order valence-electron chi connectivity index (χ4n) is 4.42. The van der Waals surface area contributed by atoms with Crippen molar-refractivity contribution in [2.24, 2.45) is 0 Å². The van der Waals surface area contributed by atoms with Crippen molar-refractivity contribution in [1.29, 1.82) is 0 Å². The molecule has 3 heterocycles. The second-order valence-electron chi connectivity index (χ2n) is 7.91. The monoisotopic (exact) mass is 408 g/mol. The summed E-state index contributed by atoms with van der Waals surface area (Å²) in [5.74, 6) is -1.09. The van der Waals surface area contributed by atoms with Crippen LogP contribution in [-0.4, -0.2) is 27.5 Å². The average molecular weight is 408 g/mol. The van der Waals surface area contributed by atoms with Crippen molar-refractivity contribution >= 4 is 5.95 Å². The third kappa shape index (κ3) is 3.50. The van der Waals surface area contributed by atoms with Gasteiger partial charge in [-0.05, 0) is 23.3 Å². The summed E-state index contributed by atoms with van der Waals surface area (Å²) in [4.78, 5) is 21.4. The summed E-state index contributed by atoms with van der Waals surface area (Å²) in [7, 11) is 0. The highest BCUT2D eigenvalue weighted by Crippen LogP contribution is 2.27. The molecule has 0 saturated heterocycles. The Bertz CT molecular complexity index is 1150. The first-order chi connectivity index (χ1) is 14.6. The van der Waals surface area contributed by atoms with Crippen LogP contribution in [0.4, 0.5) is 14.7 Å². The van der Waals surface area contributed by atoms with E-state index in [-0.39, 0.29) is 5.56 Å². The third-order valence-electron chi connectivity index (χ3n) is 5.90. The Morgan fingerprint density at radius 1 is 0.900 bits per heavy atom. The largest absolute Gasteiger partial charge is 0.336 e. The van der Waals surface area contributed by atoms with Gasteiger partial charge in [-0.2, -0.15) is 4.98 Å². The highest BCUT2D eigenvalue weighted by Gasteiger charge is 2.29. The summed E-state index contributed by atoms with van der Waals surface area (Å²) in [6.07, 6.45) is 0.798. The van der Waals surface area contributed by atoms with Crippen molar-refractivity contribution in [3.8, 4) is 0 Å². The summed E-state index contributed by atoms with van der Waals surface area (Å²) >= 11 is 0. The van der Waals surface area contributed by atoms with Gasteiger partial charge in [-0.15, -0.1) is 0 Å². The van der Waals surface area contributed by atoms with Crippen LogP contribution in [0.15, 0.2) is 53.3 Å². The molecule has 0 unspecified atom stereocenters. The highest BCUT2D eigenvalue weighted by atomic mass is 19.2. The number of fused-ring (bicyclic) bond motifs is 3. The molecule has 2 aliphatic rings. The SMILES string of the molecule is O=c1nc2n(c3c1CN(Cc1ccccc1)CC3)CCN2Cc1ccc(F)c(F)c1. The summed E-state index contributed by atoms with van der Waals surface area (Å²) in [5.41, 5.74) is 3.53. The fourth-order valence-corrected chi connectivity index (χ4v) is 4.42. The summed E-state index contributed by atoms with van der Waals surface area (Å²) < 4.78 is 28.9. The molecule has 0 spiro atoms. The molecule has 30 heavy (non-hydrogen) atoms. The molecule has 1 aromatic heterocycles. The lowest BCUT2D eigenvalue weighted by Crippen LogP contribution is -2.37. The molecule has 3 aromatic rings. The molecule has 0 aliphatic carbocycles. The van der Waals surface area contributed by atoms with Crippen LogP contribution in [0, 0.1) is 11.6 Å². The maximum atomic E-state index is 13.6. The predicted molar refractivity (Wildman–Crippen MR) is 110 cm³/mol. The molecule has 7 heteroatoms. The van der Waals surface area contributed by atoms with Gasteiger partial charge in [-0.1, -0.05) is 36.4 Å². The molecule has 2 aliphatic heterocycles. The molecule has 154 valence electrons. The zero-order valence-electron chi connectivity index (χ0n) is 16.5. The van der Waals surface area contributed by atoms with Crippen molar-refractivity contribution in [2.45, 2.75) is 32.6 Å². The van der Waals surface area contributed by atoms with E-state index in [0.29, 0.717) is 31.1 Å². The number of halogens is 2. The van der Waals surface area contributed by atoms with Crippen LogP contribution in [-0.2, 0) is 32.6 Å². The lowest BCUT2D eigenvalue weighted by atomic mass is 10.1. The number of rotatable bonds is 4. The summed E-state index contributed by atoms with van der Waals surface area (Å²) in [6.45, 7) is 4.11. The van der Waals surface area contributed by atoms with Crippen LogP contribution in [0.5, 0.6) is 0 Å². The predicted octanol–water partition coefficient (Wildman–Crippen LogP) is 3.10. The van der Waals surface area contributed by atoms with E-state index < -0.39 is 11.6 Å². The van der Waals surface area contributed by atoms with Crippen LogP contribution >= 0.6 is 0 Å². The molecule has 2 aromatic carbocycles. The van der Waals surface area contributed by atoms with E-state index in [0.717, 1.165) is 43.4 Å². The van der Waals surface area contributed by atoms with Crippen molar-refractivity contribution in [3.63, 3.8) is 0 Å². The quantitative estimate of drug-likeness (QED) is 0.665. The second kappa shape index (κ2) is 7.65. The van der Waals surface area contributed by atoms with E-state index in [2.05, 4.69) is 26.6 Å². The van der Waals surface area contributed by atoms with Crippen molar-refractivity contribution in [1.82, 2.24) is 14.5 Å². The normalized spacial score (nSPS) is 15.9. The van der Waals surface area contributed by atoms with Gasteiger partial charge in [0.15, 0.2) is 11.6 Å². The van der Waals surface area contributed by atoms with E-state index in [1.807, 2.05) is 23.1 Å². The van der Waals surface area contributed by atoms with Crippen LogP contribution in [0.1, 0.15) is 22.4 Å². The van der Waals surface area contributed by atoms with Gasteiger partial charge >= 0.3 is 0 Å². The zero-order valence-corrected chi connectivity index (χ0v) is 16.5. The fraction of sp³-hybridized carbons (Fsp3) is 0.304.